The number of hydrogen-bond donors (Lipinski definition) is 2. The molecule has 1 aliphatic rings. The average molecular weight is 318 g/mol. The summed E-state index contributed by atoms with van der Waals surface area (Å²) >= 11 is 0. The number of alkyl halides is 3. The number of benzene rings is 1. The van der Waals surface area contributed by atoms with Gasteiger partial charge in [-0.25, -0.2) is 0 Å². The lowest BCUT2D eigenvalue weighted by atomic mass is 9.99. The molecule has 0 aromatic heterocycles. The van der Waals surface area contributed by atoms with Crippen LogP contribution in [0.5, 0.6) is 11.5 Å². The summed E-state index contributed by atoms with van der Waals surface area (Å²) in [5.41, 5.74) is 0.269. The normalized spacial score (nSPS) is 18.2. The molecular weight excluding hydrogens is 297 g/mol. The SMILES string of the molecule is CCOc1cccc([C@H](CC(F)(F)F)N2CCNCC2)c1O. The van der Waals surface area contributed by atoms with E-state index in [0.717, 1.165) is 0 Å². The molecule has 4 nitrogen and oxygen atoms in total. The second-order valence-electron chi connectivity index (χ2n) is 5.25. The number of aromatic hydroxyl groups is 1. The van der Waals surface area contributed by atoms with Gasteiger partial charge in [0.1, 0.15) is 0 Å². The number of phenolic OH excluding ortho intramolecular Hbond substituents is 1. The Hall–Kier alpha value is -1.47. The van der Waals surface area contributed by atoms with Crippen LogP contribution in [0.3, 0.4) is 0 Å². The van der Waals surface area contributed by atoms with E-state index in [2.05, 4.69) is 5.32 Å². The van der Waals surface area contributed by atoms with E-state index in [4.69, 9.17) is 4.74 Å². The summed E-state index contributed by atoms with van der Waals surface area (Å²) in [6.07, 6.45) is -5.29. The van der Waals surface area contributed by atoms with Gasteiger partial charge in [-0.15, -0.1) is 0 Å². The summed E-state index contributed by atoms with van der Waals surface area (Å²) in [6.45, 7) is 4.41. The average Bonchev–Trinajstić information content (AvgIpc) is 2.47. The summed E-state index contributed by atoms with van der Waals surface area (Å²) < 4.78 is 44.2. The fourth-order valence-corrected chi connectivity index (χ4v) is 2.73. The quantitative estimate of drug-likeness (QED) is 0.876. The molecule has 22 heavy (non-hydrogen) atoms. The van der Waals surface area contributed by atoms with E-state index in [9.17, 15) is 18.3 Å². The highest BCUT2D eigenvalue weighted by molar-refractivity contribution is 5.47. The first-order valence-electron chi connectivity index (χ1n) is 7.38. The van der Waals surface area contributed by atoms with E-state index >= 15 is 0 Å². The van der Waals surface area contributed by atoms with Crippen LogP contribution in [0.2, 0.25) is 0 Å². The lowest BCUT2D eigenvalue weighted by Gasteiger charge is -2.36. The topological polar surface area (TPSA) is 44.7 Å². The summed E-state index contributed by atoms with van der Waals surface area (Å²) in [6, 6.07) is 3.81. The molecule has 0 unspecified atom stereocenters. The van der Waals surface area contributed by atoms with Crippen LogP contribution in [0, 0.1) is 0 Å². The third kappa shape index (κ3) is 4.27. The number of halogens is 3. The second kappa shape index (κ2) is 7.19. The molecule has 1 atom stereocenters. The summed E-state index contributed by atoms with van der Waals surface area (Å²) in [7, 11) is 0. The molecule has 124 valence electrons. The Balaban J connectivity index is 2.33. The van der Waals surface area contributed by atoms with Crippen molar-refractivity contribution in [3.8, 4) is 11.5 Å². The lowest BCUT2D eigenvalue weighted by Crippen LogP contribution is -2.46. The van der Waals surface area contributed by atoms with Crippen LogP contribution in [-0.2, 0) is 0 Å². The molecule has 1 fully saturated rings. The van der Waals surface area contributed by atoms with E-state index in [-0.39, 0.29) is 17.1 Å². The van der Waals surface area contributed by atoms with Gasteiger partial charge in [0.15, 0.2) is 11.5 Å². The monoisotopic (exact) mass is 318 g/mol. The molecule has 0 amide bonds. The van der Waals surface area contributed by atoms with Crippen LogP contribution in [0.25, 0.3) is 0 Å². The summed E-state index contributed by atoms with van der Waals surface area (Å²) in [5.74, 6) is 0.0273. The number of phenols is 1. The predicted octanol–water partition coefficient (Wildman–Crippen LogP) is 2.69. The minimum Gasteiger partial charge on any atom is -0.504 e. The third-order valence-corrected chi connectivity index (χ3v) is 3.71. The highest BCUT2D eigenvalue weighted by Crippen LogP contribution is 2.41. The summed E-state index contributed by atoms with van der Waals surface area (Å²) in [4.78, 5) is 1.76. The van der Waals surface area contributed by atoms with Crippen LogP contribution in [0.15, 0.2) is 18.2 Å². The molecule has 0 bridgehead atoms. The van der Waals surface area contributed by atoms with Crippen molar-refractivity contribution < 1.29 is 23.0 Å². The zero-order chi connectivity index (χ0) is 16.2. The minimum absolute atomic E-state index is 0.197. The van der Waals surface area contributed by atoms with Gasteiger partial charge < -0.3 is 15.2 Å². The van der Waals surface area contributed by atoms with Gasteiger partial charge in [-0.1, -0.05) is 12.1 Å². The zero-order valence-corrected chi connectivity index (χ0v) is 12.5. The van der Waals surface area contributed by atoms with Crippen molar-refractivity contribution in [2.75, 3.05) is 32.8 Å². The van der Waals surface area contributed by atoms with Gasteiger partial charge in [0, 0.05) is 37.8 Å². The first kappa shape index (κ1) is 16.9. The highest BCUT2D eigenvalue weighted by Gasteiger charge is 2.37. The molecule has 1 aliphatic heterocycles. The Bertz CT molecular complexity index is 488. The van der Waals surface area contributed by atoms with Gasteiger partial charge in [0.2, 0.25) is 0 Å². The maximum absolute atomic E-state index is 13.0. The molecule has 0 aliphatic carbocycles. The number of piperazine rings is 1. The van der Waals surface area contributed by atoms with Crippen molar-refractivity contribution in [1.82, 2.24) is 10.2 Å². The Morgan fingerprint density at radius 3 is 2.59 bits per heavy atom. The number of para-hydroxylation sites is 1. The first-order valence-corrected chi connectivity index (χ1v) is 7.38. The van der Waals surface area contributed by atoms with Crippen LogP contribution in [-0.4, -0.2) is 49.0 Å². The standard InChI is InChI=1S/C15H21F3N2O2/c1-2-22-13-5-3-4-11(14(13)21)12(10-15(16,17)18)20-8-6-19-7-9-20/h3-5,12,19,21H,2,6-10H2,1H3/t12-/m0/s1. The van der Waals surface area contributed by atoms with Crippen LogP contribution < -0.4 is 10.1 Å². The molecule has 7 heteroatoms. The zero-order valence-electron chi connectivity index (χ0n) is 12.5. The van der Waals surface area contributed by atoms with E-state index < -0.39 is 18.6 Å². The Labute approximate surface area is 127 Å². The van der Waals surface area contributed by atoms with Gasteiger partial charge in [-0.2, -0.15) is 13.2 Å². The number of nitrogens with one attached hydrogen (secondary N) is 1. The maximum atomic E-state index is 13.0. The van der Waals surface area contributed by atoms with Gasteiger partial charge in [-0.3, -0.25) is 4.90 Å². The second-order valence-corrected chi connectivity index (χ2v) is 5.25. The highest BCUT2D eigenvalue weighted by atomic mass is 19.4. The predicted molar refractivity (Wildman–Crippen MR) is 77.1 cm³/mol. The lowest BCUT2D eigenvalue weighted by molar-refractivity contribution is -0.148. The van der Waals surface area contributed by atoms with Crippen molar-refractivity contribution >= 4 is 0 Å². The molecule has 1 saturated heterocycles. The van der Waals surface area contributed by atoms with Crippen molar-refractivity contribution in [3.05, 3.63) is 23.8 Å². The Morgan fingerprint density at radius 1 is 1.32 bits per heavy atom. The fraction of sp³-hybridized carbons (Fsp3) is 0.600. The number of nitrogens with zero attached hydrogens (tertiary/aromatic N) is 1. The molecule has 1 aromatic rings. The largest absolute Gasteiger partial charge is 0.504 e. The molecule has 2 rings (SSSR count). The van der Waals surface area contributed by atoms with Crippen molar-refractivity contribution in [1.29, 1.82) is 0 Å². The van der Waals surface area contributed by atoms with Crippen molar-refractivity contribution in [3.63, 3.8) is 0 Å². The summed E-state index contributed by atoms with van der Waals surface area (Å²) in [5, 5.41) is 13.4. The first-order chi connectivity index (χ1) is 10.4. The smallest absolute Gasteiger partial charge is 0.390 e. The third-order valence-electron chi connectivity index (χ3n) is 3.71. The molecular formula is C15H21F3N2O2. The molecule has 0 radical (unpaired) electrons. The van der Waals surface area contributed by atoms with Crippen molar-refractivity contribution in [2.24, 2.45) is 0 Å². The van der Waals surface area contributed by atoms with Crippen LogP contribution in [0.4, 0.5) is 13.2 Å². The van der Waals surface area contributed by atoms with Crippen LogP contribution in [0.1, 0.15) is 24.9 Å². The fourth-order valence-electron chi connectivity index (χ4n) is 2.73. The Kier molecular flexibility index (Phi) is 5.52. The molecule has 1 heterocycles. The number of ether oxygens (including phenoxy) is 1. The van der Waals surface area contributed by atoms with E-state index in [1.54, 1.807) is 24.0 Å². The minimum atomic E-state index is -4.30. The van der Waals surface area contributed by atoms with Gasteiger partial charge in [-0.05, 0) is 13.0 Å². The number of hydrogen-bond acceptors (Lipinski definition) is 4. The van der Waals surface area contributed by atoms with Gasteiger partial charge >= 0.3 is 6.18 Å². The van der Waals surface area contributed by atoms with Gasteiger partial charge in [0.25, 0.3) is 0 Å². The van der Waals surface area contributed by atoms with E-state index in [1.807, 2.05) is 0 Å². The number of rotatable bonds is 5. The maximum Gasteiger partial charge on any atom is 0.390 e. The Morgan fingerprint density at radius 2 is 2.00 bits per heavy atom. The van der Waals surface area contributed by atoms with Crippen molar-refractivity contribution in [2.45, 2.75) is 25.6 Å². The molecule has 1 aromatic carbocycles. The molecule has 0 spiro atoms. The van der Waals surface area contributed by atoms with E-state index in [0.29, 0.717) is 32.8 Å². The van der Waals surface area contributed by atoms with Gasteiger partial charge in [0.05, 0.1) is 13.0 Å². The molecule has 2 N–H and O–H groups in total. The van der Waals surface area contributed by atoms with Crippen LogP contribution >= 0.6 is 0 Å². The van der Waals surface area contributed by atoms with E-state index in [1.165, 1.54) is 6.07 Å². The molecule has 0 saturated carbocycles.